The fraction of sp³-hybridized carbons (Fsp3) is 0.293. The third kappa shape index (κ3) is 27.1. The summed E-state index contributed by atoms with van der Waals surface area (Å²) in [6, 6.07) is 47.1. The molecule has 0 spiro atoms. The zero-order valence-electron chi connectivity index (χ0n) is 67.6. The molecule has 38 heteroatoms. The lowest BCUT2D eigenvalue weighted by Crippen LogP contribution is -2.15. The van der Waals surface area contributed by atoms with Gasteiger partial charge in [-0.25, -0.2) is 33.7 Å². The van der Waals surface area contributed by atoms with E-state index in [9.17, 15) is 33.7 Å². The fourth-order valence-corrected chi connectivity index (χ4v) is 16.8. The van der Waals surface area contributed by atoms with E-state index < -0.39 is 47.2 Å². The summed E-state index contributed by atoms with van der Waals surface area (Å²) in [7, 11) is 1.26. The number of aromatic nitrogens is 4. The molecule has 13 rings (SSSR count). The van der Waals surface area contributed by atoms with Gasteiger partial charge >= 0.3 is 7.12 Å². The number of halogens is 2. The molecule has 29 nitrogen and oxygen atoms in total. The molecule has 120 heavy (non-hydrogen) atoms. The number of hydrogen-bond donors (Lipinski definition) is 7. The number of hydrogen-bond acceptors (Lipinski definition) is 25. The van der Waals surface area contributed by atoms with E-state index in [1.165, 1.54) is 35.3 Å². The van der Waals surface area contributed by atoms with Gasteiger partial charge in [0.15, 0.2) is 45.6 Å². The highest BCUT2D eigenvalue weighted by Gasteiger charge is 2.29. The third-order valence-corrected chi connectivity index (χ3v) is 23.4. The summed E-state index contributed by atoms with van der Waals surface area (Å²) in [6.45, 7) is 12.8. The molecule has 13 aromatic rings. The zero-order valence-corrected chi connectivity index (χ0v) is 72.1. The van der Waals surface area contributed by atoms with Gasteiger partial charge in [0.05, 0.1) is 86.5 Å². The average Bonchev–Trinajstić information content (AvgIpc) is 1.64. The Morgan fingerprint density at radius 2 is 0.658 bits per heavy atom. The van der Waals surface area contributed by atoms with Gasteiger partial charge in [0.1, 0.15) is 54.1 Å². The van der Waals surface area contributed by atoms with Crippen LogP contribution in [0, 0.1) is 13.8 Å². The monoisotopic (exact) mass is 1860 g/mol. The quantitative estimate of drug-likeness (QED) is 0.0292. The van der Waals surface area contributed by atoms with Crippen molar-refractivity contribution in [2.45, 2.75) is 144 Å². The van der Waals surface area contributed by atoms with Crippen molar-refractivity contribution in [3.8, 4) is 34.5 Å². The van der Waals surface area contributed by atoms with E-state index in [4.69, 9.17) is 64.4 Å². The van der Waals surface area contributed by atoms with Crippen molar-refractivity contribution in [1.82, 2.24) is 20.6 Å². The van der Waals surface area contributed by atoms with Crippen LogP contribution in [0.4, 0.5) is 23.3 Å². The minimum Gasteiger partial charge on any atom is -0.497 e. The summed E-state index contributed by atoms with van der Waals surface area (Å²) < 4.78 is 177. The number of nitrogens with zero attached hydrogens (tertiary/aromatic N) is 4. The Balaban J connectivity index is 0.00000148. The molecular weight excluding hydrogens is 1750 g/mol. The molecule has 0 unspecified atom stereocenters. The van der Waals surface area contributed by atoms with Crippen LogP contribution in [0.15, 0.2) is 210 Å². The predicted molar refractivity (Wildman–Crippen MR) is 490 cm³/mol. The van der Waals surface area contributed by atoms with Gasteiger partial charge in [0.25, 0.3) is 40.1 Å². The molecule has 7 N–H and O–H groups in total. The number of anilines is 4. The first-order valence-electron chi connectivity index (χ1n) is 36.4. The summed E-state index contributed by atoms with van der Waals surface area (Å²) >= 11 is 6.76. The van der Waals surface area contributed by atoms with E-state index in [-0.39, 0.29) is 119 Å². The highest BCUT2D eigenvalue weighted by molar-refractivity contribution is 9.11. The Morgan fingerprint density at radius 1 is 0.408 bits per heavy atom. The minimum atomic E-state index is -3.89. The molecule has 0 aliphatic carbocycles. The lowest BCUT2D eigenvalue weighted by molar-refractivity contribution is 0.273. The number of sulfonamides is 4. The molecule has 0 aliphatic rings. The molecule has 0 aliphatic heterocycles. The molecule has 0 saturated heterocycles. The Labute approximate surface area is 729 Å². The second-order valence-electron chi connectivity index (χ2n) is 24.0. The van der Waals surface area contributed by atoms with Crippen molar-refractivity contribution in [2.75, 3.05) is 61.5 Å². The molecule has 0 atom stereocenters. The molecular formula is C82H109B3Br2N8O21S4. The number of fused-ring (bicyclic) bond motifs is 4. The van der Waals surface area contributed by atoms with Crippen molar-refractivity contribution in [3.05, 3.63) is 212 Å². The largest absolute Gasteiger partial charge is 0.497 e. The van der Waals surface area contributed by atoms with Gasteiger partial charge < -0.3 is 61.7 Å². The average molecular weight is 1870 g/mol. The summed E-state index contributed by atoms with van der Waals surface area (Å²) in [6.07, 6.45) is 2.87. The van der Waals surface area contributed by atoms with Crippen LogP contribution >= 0.6 is 31.9 Å². The van der Waals surface area contributed by atoms with Crippen LogP contribution < -0.4 is 47.3 Å². The molecule has 0 fully saturated rings. The molecule has 0 amide bonds. The molecule has 9 aromatic carbocycles. The Morgan fingerprint density at radius 3 is 0.900 bits per heavy atom. The Bertz CT molecular complexity index is 5330. The highest BCUT2D eigenvalue weighted by atomic mass is 79.9. The van der Waals surface area contributed by atoms with Gasteiger partial charge in [-0.3, -0.25) is 18.9 Å². The van der Waals surface area contributed by atoms with E-state index >= 15 is 0 Å². The van der Waals surface area contributed by atoms with Gasteiger partial charge in [0, 0.05) is 26.2 Å². The molecule has 650 valence electrons. The van der Waals surface area contributed by atoms with E-state index in [2.05, 4.69) is 87.1 Å². The number of ether oxygens (including phenoxy) is 6. The maximum Gasteiger partial charge on any atom is 0.448 e. The Hall–Kier alpha value is -10.3. The van der Waals surface area contributed by atoms with Crippen molar-refractivity contribution < 1.29 is 101 Å². The van der Waals surface area contributed by atoms with E-state index in [0.717, 1.165) is 57.5 Å². The van der Waals surface area contributed by atoms with Crippen molar-refractivity contribution in [2.24, 2.45) is 0 Å². The Kier molecular flexibility index (Phi) is 42.0. The lowest BCUT2D eigenvalue weighted by Gasteiger charge is -2.11. The number of aliphatic hydroxyl groups excluding tert-OH is 1. The maximum absolute atomic E-state index is 12.8. The van der Waals surface area contributed by atoms with Crippen LogP contribution in [0.3, 0.4) is 0 Å². The number of aliphatic hydroxyl groups is 1. The molecule has 4 radical (unpaired) electrons. The van der Waals surface area contributed by atoms with Crippen LogP contribution in [0.1, 0.15) is 102 Å². The first-order valence-corrected chi connectivity index (χ1v) is 42.5. The van der Waals surface area contributed by atoms with Gasteiger partial charge in [-0.15, -0.1) is 0 Å². The van der Waals surface area contributed by atoms with Crippen LogP contribution in [-0.2, 0) is 72.4 Å². The first-order chi connectivity index (χ1) is 56.2. The molecule has 4 aromatic heterocycles. The molecule has 4 heterocycles. The van der Waals surface area contributed by atoms with Gasteiger partial charge in [0.2, 0.25) is 0 Å². The number of benzene rings is 9. The first kappa shape index (κ1) is 102. The fourth-order valence-electron chi connectivity index (χ4n) is 10.8. The predicted octanol–water partition coefficient (Wildman–Crippen LogP) is 18.7. The standard InChI is InChI=1S/2C17H18N2O4S.2C16H15BrN2O4S.C9H12O3.CH5BO2.2CH3B.4CH4.2H2/c2*1-4-12-8-9-13(22-3)15(10-12)24(20,21)19-17-16-11(2)6-5-7-14(16)23-18-17;2*1-3-10-7-8-12(22-2)14(9-10)24(20,21)19-16-15-11(17)5-4-6-13(15)23-18-16;1-11-8-4-3-7(6-10)9(5-8)12-2;1-2(3)4;2*1-2;;;;;;/h2*5-10H,4H2,1-3H3,(H,18,19);2*4-9H,3H2,1-2H3,(H,18,19);3-5,10H,6H2,1-2H3;3-4H,1H3;2*1H3;4*1H4;2*1H/i;;;;;;2*1D;;;;;;. The number of aryl methyl sites for hydroxylation is 6. The highest BCUT2D eigenvalue weighted by Crippen LogP contribution is 2.38. The van der Waals surface area contributed by atoms with Crippen LogP contribution in [0.2, 0.25) is 20.4 Å². The summed E-state index contributed by atoms with van der Waals surface area (Å²) in [5, 5.41) is 41.9. The van der Waals surface area contributed by atoms with Crippen molar-refractivity contribution in [1.29, 1.82) is 0 Å². The van der Waals surface area contributed by atoms with E-state index in [1.807, 2.05) is 90.1 Å². The summed E-state index contributed by atoms with van der Waals surface area (Å²) in [5.41, 5.74) is 8.12. The summed E-state index contributed by atoms with van der Waals surface area (Å²) in [5.74, 6) is 3.08. The normalized spacial score (nSPS) is 10.8. The third-order valence-electron chi connectivity index (χ3n) is 16.6. The maximum atomic E-state index is 12.8. The lowest BCUT2D eigenvalue weighted by atomic mass is 9.99. The van der Waals surface area contributed by atoms with Gasteiger partial charge in [-0.05, 0) is 209 Å². The van der Waals surface area contributed by atoms with Crippen LogP contribution in [-0.4, -0.2) is 135 Å². The van der Waals surface area contributed by atoms with Crippen LogP contribution in [0.5, 0.6) is 34.5 Å². The minimum absolute atomic E-state index is 0. The zero-order chi connectivity index (χ0) is 87.2. The second-order valence-corrected chi connectivity index (χ2v) is 32.3. The topological polar surface area (TPSA) is 405 Å². The smallest absolute Gasteiger partial charge is 0.448 e. The van der Waals surface area contributed by atoms with Crippen LogP contribution in [0.25, 0.3) is 43.9 Å². The van der Waals surface area contributed by atoms with Crippen molar-refractivity contribution in [3.63, 3.8) is 0 Å². The number of rotatable bonds is 23. The summed E-state index contributed by atoms with van der Waals surface area (Å²) in [4.78, 5) is 0.281. The SMILES string of the molecule is C.C.C.C.CB(O)O.CCc1ccc(OC)c(S(=O)(=O)Nc2noc3cccc(Br)c23)c1.CCc1ccc(OC)c(S(=O)(=O)Nc2noc3cccc(Br)c23)c1.CCc1ccc(OC)c(S(=O)(=O)Nc2noc3cccc(C)c23)c1.CCc1ccc(OC)c(S(=O)(=O)Nc2noc3cccc(C)c23)c1.COc1ccc(CO)c(OC)c1.[2H]C[B].[2H]C[B].[HH].[HH]. The number of methoxy groups -OCH3 is 6. The van der Waals surface area contributed by atoms with E-state index in [0.29, 0.717) is 71.4 Å². The van der Waals surface area contributed by atoms with Gasteiger partial charge in [-0.2, -0.15) is 0 Å². The van der Waals surface area contributed by atoms with Crippen molar-refractivity contribution >= 4 is 162 Å². The second kappa shape index (κ2) is 49.4. The van der Waals surface area contributed by atoms with Gasteiger partial charge in [-0.1, -0.05) is 152 Å². The van der Waals surface area contributed by atoms with E-state index in [1.54, 1.807) is 129 Å². The molecule has 0 saturated carbocycles. The number of nitrogens with one attached hydrogen (secondary N) is 4. The molecule has 0 bridgehead atoms.